The highest BCUT2D eigenvalue weighted by atomic mass is 16.3. The van der Waals surface area contributed by atoms with Gasteiger partial charge < -0.3 is 4.42 Å². The van der Waals surface area contributed by atoms with Crippen molar-refractivity contribution < 1.29 is 4.42 Å². The van der Waals surface area contributed by atoms with E-state index >= 15 is 0 Å². The van der Waals surface area contributed by atoms with Gasteiger partial charge in [-0.25, -0.2) is 9.97 Å². The van der Waals surface area contributed by atoms with E-state index in [4.69, 9.17) is 14.4 Å². The number of hydrogen-bond donors (Lipinski definition) is 0. The third kappa shape index (κ3) is 2.68. The standard InChI is InChI=1S/C31H18N4O/c1-2-9-20-17-26-24(16-19(20)8-1)22-11-3-5-13-25(22)35(26)31-29-28(23-12-4-6-14-27(23)36-29)33-30(34-31)21-10-7-15-32-18-21/h1-18H. The van der Waals surface area contributed by atoms with Crippen LogP contribution in [0.5, 0.6) is 0 Å². The molecule has 0 N–H and O–H groups in total. The number of benzene rings is 4. The van der Waals surface area contributed by atoms with Crippen LogP contribution in [0.1, 0.15) is 0 Å². The lowest BCUT2D eigenvalue weighted by molar-refractivity contribution is 0.662. The fourth-order valence-electron chi connectivity index (χ4n) is 5.24. The van der Waals surface area contributed by atoms with Gasteiger partial charge in [-0.15, -0.1) is 0 Å². The van der Waals surface area contributed by atoms with E-state index in [1.54, 1.807) is 12.4 Å². The minimum Gasteiger partial charge on any atom is -0.450 e. The summed E-state index contributed by atoms with van der Waals surface area (Å²) in [6, 6.07) is 33.3. The predicted molar refractivity (Wildman–Crippen MR) is 144 cm³/mol. The van der Waals surface area contributed by atoms with Crippen molar-refractivity contribution in [3.05, 3.63) is 109 Å². The molecule has 0 amide bonds. The first-order valence-electron chi connectivity index (χ1n) is 11.9. The number of para-hydroxylation sites is 2. The molecule has 0 atom stereocenters. The van der Waals surface area contributed by atoms with Gasteiger partial charge in [0.25, 0.3) is 0 Å². The highest BCUT2D eigenvalue weighted by Crippen LogP contribution is 2.38. The lowest BCUT2D eigenvalue weighted by atomic mass is 10.1. The normalized spacial score (nSPS) is 11.9. The van der Waals surface area contributed by atoms with Crippen LogP contribution in [0.3, 0.4) is 0 Å². The van der Waals surface area contributed by atoms with Crippen LogP contribution in [0.15, 0.2) is 114 Å². The summed E-state index contributed by atoms with van der Waals surface area (Å²) in [5.74, 6) is 1.33. The number of aromatic nitrogens is 4. The molecule has 4 aromatic heterocycles. The Kier molecular flexibility index (Phi) is 3.88. The van der Waals surface area contributed by atoms with Crippen molar-refractivity contribution in [3.8, 4) is 17.2 Å². The summed E-state index contributed by atoms with van der Waals surface area (Å²) in [5.41, 5.74) is 5.25. The molecule has 36 heavy (non-hydrogen) atoms. The summed E-state index contributed by atoms with van der Waals surface area (Å²) in [7, 11) is 0. The summed E-state index contributed by atoms with van der Waals surface area (Å²) >= 11 is 0. The zero-order chi connectivity index (χ0) is 23.6. The van der Waals surface area contributed by atoms with Gasteiger partial charge in [-0.05, 0) is 53.2 Å². The topological polar surface area (TPSA) is 56.7 Å². The van der Waals surface area contributed by atoms with Crippen molar-refractivity contribution in [3.63, 3.8) is 0 Å². The maximum Gasteiger partial charge on any atom is 0.197 e. The third-order valence-electron chi connectivity index (χ3n) is 6.87. The first-order valence-corrected chi connectivity index (χ1v) is 11.9. The summed E-state index contributed by atoms with van der Waals surface area (Å²) in [6.45, 7) is 0. The van der Waals surface area contributed by atoms with Crippen LogP contribution in [0.25, 0.3) is 71.9 Å². The van der Waals surface area contributed by atoms with Gasteiger partial charge in [0.05, 0.1) is 11.0 Å². The lowest BCUT2D eigenvalue weighted by Gasteiger charge is -2.10. The highest BCUT2D eigenvalue weighted by molar-refractivity contribution is 6.15. The molecule has 0 radical (unpaired) electrons. The molecule has 8 aromatic rings. The second kappa shape index (κ2) is 7.23. The molecule has 0 aliphatic carbocycles. The first kappa shape index (κ1) is 19.3. The van der Waals surface area contributed by atoms with Crippen molar-refractivity contribution in [2.45, 2.75) is 0 Å². The Labute approximate surface area is 205 Å². The monoisotopic (exact) mass is 462 g/mol. The van der Waals surface area contributed by atoms with E-state index in [9.17, 15) is 0 Å². The van der Waals surface area contributed by atoms with E-state index in [1.807, 2.05) is 36.4 Å². The molecule has 0 fully saturated rings. The van der Waals surface area contributed by atoms with Gasteiger partial charge in [-0.1, -0.05) is 54.6 Å². The molecule has 5 heteroatoms. The number of fused-ring (bicyclic) bond motifs is 7. The Balaban J connectivity index is 1.58. The zero-order valence-electron chi connectivity index (χ0n) is 19.1. The molecular weight excluding hydrogens is 444 g/mol. The van der Waals surface area contributed by atoms with Crippen LogP contribution in [0.4, 0.5) is 0 Å². The Morgan fingerprint density at radius 1 is 0.639 bits per heavy atom. The Morgan fingerprint density at radius 3 is 2.28 bits per heavy atom. The Bertz CT molecular complexity index is 2100. The van der Waals surface area contributed by atoms with Crippen LogP contribution in [0.2, 0.25) is 0 Å². The molecule has 0 bridgehead atoms. The number of rotatable bonds is 2. The predicted octanol–water partition coefficient (Wildman–Crippen LogP) is 7.69. The molecule has 0 aliphatic rings. The summed E-state index contributed by atoms with van der Waals surface area (Å²) in [4.78, 5) is 14.4. The minimum absolute atomic E-state index is 0.615. The van der Waals surface area contributed by atoms with Crippen LogP contribution in [-0.2, 0) is 0 Å². The SMILES string of the molecule is c1cncc(-c2nc(-n3c4ccccc4c4cc5ccccc5cc43)c3oc4ccccc4c3n2)c1. The van der Waals surface area contributed by atoms with Crippen molar-refractivity contribution in [1.82, 2.24) is 19.5 Å². The molecule has 8 rings (SSSR count). The molecule has 0 saturated carbocycles. The maximum absolute atomic E-state index is 6.42. The van der Waals surface area contributed by atoms with Gasteiger partial charge in [0.15, 0.2) is 17.2 Å². The molecule has 0 saturated heterocycles. The van der Waals surface area contributed by atoms with E-state index in [0.717, 1.165) is 38.9 Å². The van der Waals surface area contributed by atoms with Gasteiger partial charge >= 0.3 is 0 Å². The smallest absolute Gasteiger partial charge is 0.197 e. The third-order valence-corrected chi connectivity index (χ3v) is 6.87. The van der Waals surface area contributed by atoms with Crippen LogP contribution < -0.4 is 0 Å². The highest BCUT2D eigenvalue weighted by Gasteiger charge is 2.22. The second-order valence-corrected chi connectivity index (χ2v) is 8.96. The Morgan fingerprint density at radius 2 is 1.42 bits per heavy atom. The van der Waals surface area contributed by atoms with Crippen molar-refractivity contribution in [2.24, 2.45) is 0 Å². The minimum atomic E-state index is 0.615. The lowest BCUT2D eigenvalue weighted by Crippen LogP contribution is -2.02. The summed E-state index contributed by atoms with van der Waals surface area (Å²) < 4.78 is 8.63. The number of pyridine rings is 1. The van der Waals surface area contributed by atoms with Gasteiger partial charge in [-0.2, -0.15) is 0 Å². The molecule has 0 aliphatic heterocycles. The summed E-state index contributed by atoms with van der Waals surface area (Å²) in [6.07, 6.45) is 3.56. The van der Waals surface area contributed by atoms with Crippen molar-refractivity contribution in [2.75, 3.05) is 0 Å². The summed E-state index contributed by atoms with van der Waals surface area (Å²) in [5, 5.41) is 5.70. The molecule has 4 heterocycles. The average Bonchev–Trinajstić information content (AvgIpc) is 3.47. The van der Waals surface area contributed by atoms with Gasteiger partial charge in [-0.3, -0.25) is 9.55 Å². The molecule has 4 aromatic carbocycles. The Hall–Kier alpha value is -5.03. The molecule has 168 valence electrons. The molecule has 0 unspecified atom stereocenters. The molecule has 5 nitrogen and oxygen atoms in total. The average molecular weight is 463 g/mol. The van der Waals surface area contributed by atoms with Crippen LogP contribution in [0, 0.1) is 0 Å². The van der Waals surface area contributed by atoms with Crippen molar-refractivity contribution >= 4 is 54.6 Å². The largest absolute Gasteiger partial charge is 0.450 e. The molecular formula is C31H18N4O. The number of hydrogen-bond acceptors (Lipinski definition) is 4. The van der Waals surface area contributed by atoms with E-state index in [1.165, 1.54) is 21.5 Å². The van der Waals surface area contributed by atoms with Gasteiger partial charge in [0.2, 0.25) is 0 Å². The zero-order valence-corrected chi connectivity index (χ0v) is 19.1. The quantitative estimate of drug-likeness (QED) is 0.264. The number of furan rings is 1. The van der Waals surface area contributed by atoms with Crippen LogP contribution >= 0.6 is 0 Å². The fourth-order valence-corrected chi connectivity index (χ4v) is 5.24. The van der Waals surface area contributed by atoms with Crippen molar-refractivity contribution in [1.29, 1.82) is 0 Å². The van der Waals surface area contributed by atoms with E-state index in [2.05, 4.69) is 70.2 Å². The molecule has 0 spiro atoms. The maximum atomic E-state index is 6.42. The van der Waals surface area contributed by atoms with E-state index < -0.39 is 0 Å². The van der Waals surface area contributed by atoms with Gasteiger partial charge in [0, 0.05) is 34.1 Å². The van der Waals surface area contributed by atoms with Gasteiger partial charge in [0.1, 0.15) is 11.1 Å². The second-order valence-electron chi connectivity index (χ2n) is 8.96. The number of nitrogens with zero attached hydrogens (tertiary/aromatic N) is 4. The van der Waals surface area contributed by atoms with Crippen LogP contribution in [-0.4, -0.2) is 19.5 Å². The van der Waals surface area contributed by atoms with E-state index in [-0.39, 0.29) is 0 Å². The first-order chi connectivity index (χ1) is 17.8. The fraction of sp³-hybridized carbons (Fsp3) is 0. The van der Waals surface area contributed by atoms with E-state index in [0.29, 0.717) is 11.4 Å².